The first-order chi connectivity index (χ1) is 14.7. The molecule has 9 heteroatoms. The molecule has 1 saturated heterocycles. The second kappa shape index (κ2) is 9.05. The third kappa shape index (κ3) is 5.32. The van der Waals surface area contributed by atoms with E-state index >= 15 is 0 Å². The average molecular weight is 425 g/mol. The molecule has 0 unspecified atom stereocenters. The Morgan fingerprint density at radius 3 is 2.55 bits per heavy atom. The van der Waals surface area contributed by atoms with Gasteiger partial charge < -0.3 is 14.4 Å². The number of amides is 1. The number of hydrogen-bond acceptors (Lipinski definition) is 6. The van der Waals surface area contributed by atoms with E-state index in [9.17, 15) is 14.4 Å². The van der Waals surface area contributed by atoms with Crippen molar-refractivity contribution >= 4 is 6.09 Å². The van der Waals surface area contributed by atoms with Gasteiger partial charge in [-0.2, -0.15) is 15.6 Å². The van der Waals surface area contributed by atoms with Crippen LogP contribution in [0.15, 0.2) is 24.4 Å². The Hall–Kier alpha value is -3.59. The van der Waals surface area contributed by atoms with Crippen LogP contribution in [0.3, 0.4) is 0 Å². The molecule has 1 amide bonds. The number of aromatic nitrogens is 2. The highest BCUT2D eigenvalue weighted by Crippen LogP contribution is 2.27. The third-order valence-electron chi connectivity index (χ3n) is 4.88. The van der Waals surface area contributed by atoms with Crippen molar-refractivity contribution in [3.8, 4) is 17.9 Å². The van der Waals surface area contributed by atoms with Gasteiger partial charge in [0.25, 0.3) is 0 Å². The number of halogens is 1. The van der Waals surface area contributed by atoms with Crippen LogP contribution in [0.4, 0.5) is 9.18 Å². The molecule has 2 heterocycles. The van der Waals surface area contributed by atoms with E-state index in [0.717, 1.165) is 6.07 Å². The molecule has 1 aliphatic rings. The lowest BCUT2D eigenvalue weighted by atomic mass is 10.1. The molecule has 31 heavy (non-hydrogen) atoms. The monoisotopic (exact) mass is 425 g/mol. The van der Waals surface area contributed by atoms with E-state index in [-0.39, 0.29) is 30.1 Å². The van der Waals surface area contributed by atoms with Crippen molar-refractivity contribution in [2.45, 2.75) is 51.9 Å². The number of piperidine rings is 1. The van der Waals surface area contributed by atoms with Gasteiger partial charge in [0.1, 0.15) is 24.0 Å². The first kappa shape index (κ1) is 22.1. The Balaban J connectivity index is 1.64. The lowest BCUT2D eigenvalue weighted by Gasteiger charge is -2.33. The summed E-state index contributed by atoms with van der Waals surface area (Å²) in [5, 5.41) is 22.8. The second-order valence-electron chi connectivity index (χ2n) is 8.32. The van der Waals surface area contributed by atoms with Gasteiger partial charge >= 0.3 is 6.09 Å². The number of nitriles is 2. The second-order valence-corrected chi connectivity index (χ2v) is 8.32. The fraction of sp³-hybridized carbons (Fsp3) is 0.455. The largest absolute Gasteiger partial charge is 0.486 e. The van der Waals surface area contributed by atoms with E-state index in [0.29, 0.717) is 37.2 Å². The minimum Gasteiger partial charge on any atom is -0.486 e. The molecule has 162 valence electrons. The summed E-state index contributed by atoms with van der Waals surface area (Å²) in [7, 11) is 0. The normalized spacial score (nSPS) is 14.6. The van der Waals surface area contributed by atoms with Crippen LogP contribution in [0, 0.1) is 28.5 Å². The van der Waals surface area contributed by atoms with Crippen molar-refractivity contribution in [1.82, 2.24) is 14.7 Å². The van der Waals surface area contributed by atoms with E-state index in [1.807, 2.05) is 26.8 Å². The summed E-state index contributed by atoms with van der Waals surface area (Å²) >= 11 is 0. The molecule has 1 fully saturated rings. The van der Waals surface area contributed by atoms with Crippen molar-refractivity contribution < 1.29 is 18.7 Å². The van der Waals surface area contributed by atoms with Crippen LogP contribution < -0.4 is 4.74 Å². The minimum atomic E-state index is -0.639. The molecule has 1 aliphatic heterocycles. The Labute approximate surface area is 180 Å². The maximum Gasteiger partial charge on any atom is 0.410 e. The maximum atomic E-state index is 14.0. The predicted octanol–water partition coefficient (Wildman–Crippen LogP) is 3.92. The Morgan fingerprint density at radius 2 is 1.97 bits per heavy atom. The highest BCUT2D eigenvalue weighted by Gasteiger charge is 2.29. The lowest BCUT2D eigenvalue weighted by Crippen LogP contribution is -2.42. The zero-order chi connectivity index (χ0) is 22.6. The van der Waals surface area contributed by atoms with Gasteiger partial charge in [-0.1, -0.05) is 0 Å². The van der Waals surface area contributed by atoms with Gasteiger partial charge in [0.2, 0.25) is 0 Å². The number of rotatable bonds is 4. The zero-order valence-electron chi connectivity index (χ0n) is 17.8. The van der Waals surface area contributed by atoms with Crippen molar-refractivity contribution in [2.75, 3.05) is 13.1 Å². The first-order valence-electron chi connectivity index (χ1n) is 9.98. The molecule has 0 spiro atoms. The van der Waals surface area contributed by atoms with Gasteiger partial charge in [-0.15, -0.1) is 0 Å². The average Bonchev–Trinajstić information content (AvgIpc) is 3.14. The number of ether oxygens (including phenoxy) is 2. The van der Waals surface area contributed by atoms with Gasteiger partial charge in [-0.3, -0.25) is 4.68 Å². The van der Waals surface area contributed by atoms with Crippen molar-refractivity contribution in [3.63, 3.8) is 0 Å². The summed E-state index contributed by atoms with van der Waals surface area (Å²) in [6.45, 7) is 6.47. The fourth-order valence-corrected chi connectivity index (χ4v) is 3.37. The summed E-state index contributed by atoms with van der Waals surface area (Å²) in [5.41, 5.74) is 0.548. The summed E-state index contributed by atoms with van der Waals surface area (Å²) in [4.78, 5) is 13.9. The molecule has 8 nitrogen and oxygen atoms in total. The number of carbonyl (C=O) groups is 1. The van der Waals surface area contributed by atoms with E-state index in [1.165, 1.54) is 12.1 Å². The quantitative estimate of drug-likeness (QED) is 0.735. The van der Waals surface area contributed by atoms with Crippen LogP contribution in [0.1, 0.15) is 56.5 Å². The summed E-state index contributed by atoms with van der Waals surface area (Å²) in [6, 6.07) is 7.93. The Bertz CT molecular complexity index is 1040. The molecule has 1 aromatic heterocycles. The van der Waals surface area contributed by atoms with Crippen LogP contribution in [0.5, 0.6) is 5.75 Å². The number of likely N-dealkylation sites (tertiary alicyclic amines) is 1. The highest BCUT2D eigenvalue weighted by molar-refractivity contribution is 5.68. The summed E-state index contributed by atoms with van der Waals surface area (Å²) < 4.78 is 26.6. The molecule has 0 radical (unpaired) electrons. The third-order valence-corrected chi connectivity index (χ3v) is 4.88. The zero-order valence-corrected chi connectivity index (χ0v) is 17.8. The Morgan fingerprint density at radius 1 is 1.26 bits per heavy atom. The minimum absolute atomic E-state index is 0.00121. The lowest BCUT2D eigenvalue weighted by molar-refractivity contribution is 0.0184. The predicted molar refractivity (Wildman–Crippen MR) is 108 cm³/mol. The van der Waals surface area contributed by atoms with Crippen molar-refractivity contribution in [3.05, 3.63) is 47.0 Å². The van der Waals surface area contributed by atoms with Crippen molar-refractivity contribution in [1.29, 1.82) is 10.5 Å². The summed E-state index contributed by atoms with van der Waals surface area (Å²) in [5.74, 6) is -0.638. The van der Waals surface area contributed by atoms with Gasteiger partial charge in [-0.25, -0.2) is 9.18 Å². The van der Waals surface area contributed by atoms with Gasteiger partial charge in [-0.05, 0) is 51.8 Å². The molecular formula is C22H24FN5O3. The molecular weight excluding hydrogens is 401 g/mol. The van der Waals surface area contributed by atoms with Crippen LogP contribution >= 0.6 is 0 Å². The maximum absolute atomic E-state index is 14.0. The summed E-state index contributed by atoms with van der Waals surface area (Å²) in [6.07, 6.45) is 2.48. The smallest absolute Gasteiger partial charge is 0.410 e. The molecule has 0 atom stereocenters. The van der Waals surface area contributed by atoms with Crippen LogP contribution in [0.2, 0.25) is 0 Å². The van der Waals surface area contributed by atoms with E-state index < -0.39 is 11.4 Å². The van der Waals surface area contributed by atoms with Crippen molar-refractivity contribution in [2.24, 2.45) is 0 Å². The molecule has 1 aromatic carbocycles. The van der Waals surface area contributed by atoms with Gasteiger partial charge in [0.15, 0.2) is 11.6 Å². The van der Waals surface area contributed by atoms with E-state index in [2.05, 4.69) is 11.2 Å². The number of nitrogens with zero attached hydrogens (tertiary/aromatic N) is 5. The SMILES string of the molecule is CC(C)(C)OC(=O)N1CCC(n2ncc(COc3ccc(C#N)cc3F)c2C#N)CC1. The molecule has 0 bridgehead atoms. The highest BCUT2D eigenvalue weighted by atomic mass is 19.1. The van der Waals surface area contributed by atoms with Crippen LogP contribution in [-0.4, -0.2) is 39.5 Å². The van der Waals surface area contributed by atoms with Gasteiger partial charge in [0, 0.05) is 18.7 Å². The Kier molecular flexibility index (Phi) is 6.45. The topological polar surface area (TPSA) is 104 Å². The molecule has 0 aliphatic carbocycles. The standard InChI is InChI=1S/C22H24FN5O3/c1-22(2,3)31-21(29)27-8-6-17(7-9-27)28-19(12-25)16(13-26-28)14-30-20-5-4-15(11-24)10-18(20)23/h4-5,10,13,17H,6-9,14H2,1-3H3. The fourth-order valence-electron chi connectivity index (χ4n) is 3.37. The van der Waals surface area contributed by atoms with E-state index in [1.54, 1.807) is 15.8 Å². The van der Waals surface area contributed by atoms with Gasteiger partial charge in [0.05, 0.1) is 23.9 Å². The molecule has 3 rings (SSSR count). The molecule has 0 saturated carbocycles. The molecule has 2 aromatic rings. The number of hydrogen-bond donors (Lipinski definition) is 0. The molecule has 0 N–H and O–H groups in total. The van der Waals surface area contributed by atoms with Crippen LogP contribution in [-0.2, 0) is 11.3 Å². The number of carbonyl (C=O) groups excluding carboxylic acids is 1. The first-order valence-corrected chi connectivity index (χ1v) is 9.98. The van der Waals surface area contributed by atoms with E-state index in [4.69, 9.17) is 14.7 Å². The van der Waals surface area contributed by atoms with Crippen LogP contribution in [0.25, 0.3) is 0 Å². The number of benzene rings is 1.